The second-order valence-electron chi connectivity index (χ2n) is 5.47. The van der Waals surface area contributed by atoms with Gasteiger partial charge in [-0.05, 0) is 6.92 Å². The van der Waals surface area contributed by atoms with Crippen molar-refractivity contribution < 1.29 is 14.1 Å². The maximum absolute atomic E-state index is 13.2. The largest absolute Gasteiger partial charge is 0.383 e. The molecule has 0 spiro atoms. The fraction of sp³-hybridized carbons (Fsp3) is 0.278. The number of nitrogens with zero attached hydrogens (tertiary/aromatic N) is 3. The van der Waals surface area contributed by atoms with Gasteiger partial charge in [-0.25, -0.2) is 4.98 Å². The van der Waals surface area contributed by atoms with Crippen molar-refractivity contribution in [3.8, 4) is 11.3 Å². The van der Waals surface area contributed by atoms with Crippen molar-refractivity contribution in [1.82, 2.24) is 15.0 Å². The molecule has 0 N–H and O–H groups in total. The molecule has 0 aliphatic carbocycles. The van der Waals surface area contributed by atoms with Crippen molar-refractivity contribution in [2.24, 2.45) is 0 Å². The number of aromatic nitrogens is 2. The minimum atomic E-state index is -0.134. The molecule has 2 aromatic heterocycles. The minimum absolute atomic E-state index is 0.134. The molecule has 1 amide bonds. The number of carbonyl (C=O) groups excluding carboxylic acids is 1. The number of carbonyl (C=O) groups is 1. The predicted octanol–water partition coefficient (Wildman–Crippen LogP) is 3.40. The Hall–Kier alpha value is -2.51. The number of methoxy groups -OCH3 is 1. The van der Waals surface area contributed by atoms with Gasteiger partial charge in [0, 0.05) is 30.8 Å². The molecule has 0 saturated heterocycles. The van der Waals surface area contributed by atoms with Crippen molar-refractivity contribution in [2.75, 3.05) is 20.3 Å². The highest BCUT2D eigenvalue weighted by Gasteiger charge is 2.26. The first-order valence-corrected chi connectivity index (χ1v) is 8.77. The fourth-order valence-corrected chi connectivity index (χ4v) is 3.15. The van der Waals surface area contributed by atoms with Gasteiger partial charge >= 0.3 is 0 Å². The highest BCUT2D eigenvalue weighted by atomic mass is 32.1. The Labute approximate surface area is 150 Å². The van der Waals surface area contributed by atoms with Crippen LogP contribution in [0.4, 0.5) is 0 Å². The normalized spacial score (nSPS) is 10.8. The SMILES string of the molecule is COCCN(Cc1nccs1)C(=O)c1c(-c2ccccc2)noc1C. The summed E-state index contributed by atoms with van der Waals surface area (Å²) in [5, 5.41) is 6.87. The molecule has 3 aromatic rings. The van der Waals surface area contributed by atoms with E-state index < -0.39 is 0 Å². The zero-order chi connectivity index (χ0) is 17.6. The first kappa shape index (κ1) is 17.3. The summed E-state index contributed by atoms with van der Waals surface area (Å²) in [5.41, 5.74) is 1.90. The van der Waals surface area contributed by atoms with Crippen molar-refractivity contribution in [3.05, 3.63) is 58.2 Å². The predicted molar refractivity (Wildman–Crippen MR) is 95.4 cm³/mol. The first-order valence-electron chi connectivity index (χ1n) is 7.89. The number of hydrogen-bond donors (Lipinski definition) is 0. The number of rotatable bonds is 7. The minimum Gasteiger partial charge on any atom is -0.383 e. The van der Waals surface area contributed by atoms with Crippen LogP contribution in [0.2, 0.25) is 0 Å². The number of thiazole rings is 1. The number of ether oxygens (including phenoxy) is 1. The third-order valence-corrected chi connectivity index (χ3v) is 4.55. The summed E-state index contributed by atoms with van der Waals surface area (Å²) in [7, 11) is 1.62. The lowest BCUT2D eigenvalue weighted by atomic mass is 10.1. The van der Waals surface area contributed by atoms with E-state index in [9.17, 15) is 4.79 Å². The Kier molecular flexibility index (Phi) is 5.57. The second kappa shape index (κ2) is 8.04. The molecular weight excluding hydrogens is 338 g/mol. The van der Waals surface area contributed by atoms with E-state index in [1.165, 1.54) is 11.3 Å². The number of hydrogen-bond acceptors (Lipinski definition) is 6. The summed E-state index contributed by atoms with van der Waals surface area (Å²) in [6, 6.07) is 9.56. The Balaban J connectivity index is 1.92. The lowest BCUT2D eigenvalue weighted by molar-refractivity contribution is 0.0679. The molecule has 0 radical (unpaired) electrons. The van der Waals surface area contributed by atoms with Crippen molar-refractivity contribution >= 4 is 17.2 Å². The maximum atomic E-state index is 13.2. The fourth-order valence-electron chi connectivity index (χ4n) is 2.52. The lowest BCUT2D eigenvalue weighted by Crippen LogP contribution is -2.34. The molecule has 2 heterocycles. The van der Waals surface area contributed by atoms with Gasteiger partial charge in [0.25, 0.3) is 5.91 Å². The topological polar surface area (TPSA) is 68.5 Å². The maximum Gasteiger partial charge on any atom is 0.260 e. The van der Waals surface area contributed by atoms with E-state index in [4.69, 9.17) is 9.26 Å². The standard InChI is InChI=1S/C18H19N3O3S/c1-13-16(17(20-24-13)14-6-4-3-5-7-14)18(22)21(9-10-23-2)12-15-19-8-11-25-15/h3-8,11H,9-10,12H2,1-2H3. The smallest absolute Gasteiger partial charge is 0.260 e. The van der Waals surface area contributed by atoms with Gasteiger partial charge in [0.05, 0.1) is 13.2 Å². The third kappa shape index (κ3) is 3.94. The van der Waals surface area contributed by atoms with E-state index >= 15 is 0 Å². The molecule has 0 bridgehead atoms. The molecule has 7 heteroatoms. The van der Waals surface area contributed by atoms with Crippen LogP contribution in [0.15, 0.2) is 46.4 Å². The average Bonchev–Trinajstić information content (AvgIpc) is 3.28. The third-order valence-electron chi connectivity index (χ3n) is 3.79. The van der Waals surface area contributed by atoms with E-state index in [0.29, 0.717) is 36.7 Å². The molecule has 1 aromatic carbocycles. The summed E-state index contributed by atoms with van der Waals surface area (Å²) >= 11 is 1.52. The molecule has 0 saturated carbocycles. The van der Waals surface area contributed by atoms with Crippen molar-refractivity contribution in [2.45, 2.75) is 13.5 Å². The van der Waals surface area contributed by atoms with Gasteiger partial charge in [-0.3, -0.25) is 4.79 Å². The van der Waals surface area contributed by atoms with E-state index in [1.54, 1.807) is 25.1 Å². The van der Waals surface area contributed by atoms with E-state index in [-0.39, 0.29) is 5.91 Å². The van der Waals surface area contributed by atoms with Gasteiger partial charge in [-0.1, -0.05) is 35.5 Å². The molecule has 0 aliphatic rings. The van der Waals surface area contributed by atoms with Gasteiger partial charge in [-0.2, -0.15) is 0 Å². The molecule has 130 valence electrons. The molecule has 3 rings (SSSR count). The summed E-state index contributed by atoms with van der Waals surface area (Å²) in [4.78, 5) is 19.2. The molecule has 0 fully saturated rings. The molecular formula is C18H19N3O3S. The molecule has 6 nitrogen and oxygen atoms in total. The summed E-state index contributed by atoms with van der Waals surface area (Å²) in [6.45, 7) is 3.10. The van der Waals surface area contributed by atoms with Gasteiger partial charge in [-0.15, -0.1) is 11.3 Å². The van der Waals surface area contributed by atoms with Crippen LogP contribution in [-0.2, 0) is 11.3 Å². The zero-order valence-corrected chi connectivity index (χ0v) is 15.0. The molecule has 0 unspecified atom stereocenters. The van der Waals surface area contributed by atoms with Gasteiger partial charge in [0.1, 0.15) is 22.0 Å². The molecule has 0 atom stereocenters. The molecule has 25 heavy (non-hydrogen) atoms. The Morgan fingerprint density at radius 1 is 1.32 bits per heavy atom. The molecule has 0 aliphatic heterocycles. The lowest BCUT2D eigenvalue weighted by Gasteiger charge is -2.21. The van der Waals surface area contributed by atoms with Gasteiger partial charge < -0.3 is 14.2 Å². The quantitative estimate of drug-likeness (QED) is 0.648. The Morgan fingerprint density at radius 2 is 2.12 bits per heavy atom. The van der Waals surface area contributed by atoms with Crippen molar-refractivity contribution in [3.63, 3.8) is 0 Å². The van der Waals surface area contributed by atoms with Crippen LogP contribution in [0.25, 0.3) is 11.3 Å². The van der Waals surface area contributed by atoms with Crippen LogP contribution in [0.5, 0.6) is 0 Å². The number of benzene rings is 1. The van der Waals surface area contributed by atoms with Crippen LogP contribution in [0, 0.1) is 6.92 Å². The Morgan fingerprint density at radius 3 is 2.80 bits per heavy atom. The van der Waals surface area contributed by atoms with E-state index in [1.807, 2.05) is 35.7 Å². The second-order valence-corrected chi connectivity index (χ2v) is 6.45. The number of aryl methyl sites for hydroxylation is 1. The number of amides is 1. The summed E-state index contributed by atoms with van der Waals surface area (Å²) in [5.74, 6) is 0.371. The van der Waals surface area contributed by atoms with Gasteiger partial charge in [0.2, 0.25) is 0 Å². The Bertz CT molecular complexity index is 815. The van der Waals surface area contributed by atoms with E-state index in [0.717, 1.165) is 10.6 Å². The van der Waals surface area contributed by atoms with Crippen molar-refractivity contribution in [1.29, 1.82) is 0 Å². The highest BCUT2D eigenvalue weighted by Crippen LogP contribution is 2.27. The van der Waals surface area contributed by atoms with Crippen LogP contribution in [0.1, 0.15) is 21.1 Å². The summed E-state index contributed by atoms with van der Waals surface area (Å²) in [6.07, 6.45) is 1.74. The average molecular weight is 357 g/mol. The van der Waals surface area contributed by atoms with Crippen LogP contribution in [-0.4, -0.2) is 41.2 Å². The van der Waals surface area contributed by atoms with Gasteiger partial charge in [0.15, 0.2) is 0 Å². The summed E-state index contributed by atoms with van der Waals surface area (Å²) < 4.78 is 10.5. The van der Waals surface area contributed by atoms with Crippen LogP contribution in [0.3, 0.4) is 0 Å². The first-order chi connectivity index (χ1) is 12.2. The highest BCUT2D eigenvalue weighted by molar-refractivity contribution is 7.09. The van der Waals surface area contributed by atoms with E-state index in [2.05, 4.69) is 10.1 Å². The zero-order valence-electron chi connectivity index (χ0n) is 14.1. The van der Waals surface area contributed by atoms with Crippen LogP contribution >= 0.6 is 11.3 Å². The van der Waals surface area contributed by atoms with Crippen LogP contribution < -0.4 is 0 Å². The monoisotopic (exact) mass is 357 g/mol.